The summed E-state index contributed by atoms with van der Waals surface area (Å²) in [5.74, 6) is -1.74. The van der Waals surface area contributed by atoms with Crippen molar-refractivity contribution in [2.75, 3.05) is 39.3 Å². The van der Waals surface area contributed by atoms with Gasteiger partial charge in [-0.05, 0) is 90.6 Å². The van der Waals surface area contributed by atoms with Crippen molar-refractivity contribution in [3.63, 3.8) is 0 Å². The molecule has 0 aromatic carbocycles. The van der Waals surface area contributed by atoms with Crippen molar-refractivity contribution >= 4 is 11.9 Å². The lowest BCUT2D eigenvalue weighted by Gasteiger charge is -2.19. The summed E-state index contributed by atoms with van der Waals surface area (Å²) in [5.41, 5.74) is 0. The maximum Gasteiger partial charge on any atom is 0.303 e. The minimum Gasteiger partial charge on any atom is -0.481 e. The third-order valence-electron chi connectivity index (χ3n) is 4.27. The minimum absolute atomic E-state index is 0.0628. The summed E-state index contributed by atoms with van der Waals surface area (Å²) < 4.78 is 0. The predicted octanol–water partition coefficient (Wildman–Crippen LogP) is 5.75. The highest BCUT2D eigenvalue weighted by atomic mass is 16.4. The fraction of sp³-hybridized carbons (Fsp3) is 0.917. The third kappa shape index (κ3) is 31.6. The van der Waals surface area contributed by atoms with Gasteiger partial charge < -0.3 is 20.0 Å². The van der Waals surface area contributed by atoms with Gasteiger partial charge in [-0.1, -0.05) is 41.5 Å². The summed E-state index contributed by atoms with van der Waals surface area (Å²) in [7, 11) is 0. The highest BCUT2D eigenvalue weighted by Gasteiger charge is 2.00. The number of rotatable bonds is 17. The second-order valence-electron chi connectivity index (χ2n) is 7.68. The molecule has 0 atom stereocenters. The van der Waals surface area contributed by atoms with Gasteiger partial charge in [0.05, 0.1) is 0 Å². The molecule has 0 fully saturated rings. The maximum absolute atomic E-state index is 9.90. The average Bonchev–Trinajstić information content (AvgIpc) is 2.67. The Hall–Kier alpha value is -1.14. The zero-order chi connectivity index (χ0) is 23.6. The Balaban J connectivity index is -0.000000364. The van der Waals surface area contributed by atoms with E-state index in [0.717, 1.165) is 0 Å². The molecule has 0 aliphatic carbocycles. The highest BCUT2D eigenvalue weighted by Crippen LogP contribution is 1.99. The first kappa shape index (κ1) is 33.5. The average molecular weight is 433 g/mol. The highest BCUT2D eigenvalue weighted by molar-refractivity contribution is 5.67. The van der Waals surface area contributed by atoms with Crippen LogP contribution in [0.1, 0.15) is 106 Å². The van der Waals surface area contributed by atoms with Gasteiger partial charge in [0, 0.05) is 12.8 Å². The Labute approximate surface area is 187 Å². The molecule has 6 nitrogen and oxygen atoms in total. The summed E-state index contributed by atoms with van der Waals surface area (Å²) in [6, 6.07) is 0. The van der Waals surface area contributed by atoms with Crippen LogP contribution in [-0.2, 0) is 9.59 Å². The van der Waals surface area contributed by atoms with Crippen molar-refractivity contribution in [2.45, 2.75) is 106 Å². The standard InChI is InChI=1S/2C9H21N.C6H10O4/c2*1-4-7-10(8-5-2)9-6-3;7-5(8)3-1-2-4-6(9)10/h2*4-9H2,1-3H3;1-4H2,(H,7,8)(H,9,10). The van der Waals surface area contributed by atoms with Crippen molar-refractivity contribution in [3.8, 4) is 0 Å². The van der Waals surface area contributed by atoms with E-state index in [4.69, 9.17) is 10.2 Å². The third-order valence-corrected chi connectivity index (χ3v) is 4.27. The van der Waals surface area contributed by atoms with Crippen LogP contribution in [0.25, 0.3) is 0 Å². The van der Waals surface area contributed by atoms with Gasteiger partial charge in [-0.15, -0.1) is 0 Å². The number of hydrogen-bond acceptors (Lipinski definition) is 4. The van der Waals surface area contributed by atoms with E-state index < -0.39 is 11.9 Å². The van der Waals surface area contributed by atoms with E-state index in [2.05, 4.69) is 51.3 Å². The smallest absolute Gasteiger partial charge is 0.303 e. The number of carboxylic acid groups (broad SMARTS) is 2. The van der Waals surface area contributed by atoms with Crippen LogP contribution >= 0.6 is 0 Å². The molecule has 0 bridgehead atoms. The molecule has 0 radical (unpaired) electrons. The lowest BCUT2D eigenvalue weighted by Crippen LogP contribution is -2.26. The molecular weight excluding hydrogens is 380 g/mol. The summed E-state index contributed by atoms with van der Waals surface area (Å²) in [5, 5.41) is 16.3. The molecule has 0 saturated carbocycles. The summed E-state index contributed by atoms with van der Waals surface area (Å²) in [6.45, 7) is 21.2. The number of nitrogens with zero attached hydrogens (tertiary/aromatic N) is 2. The number of carboxylic acids is 2. The van der Waals surface area contributed by atoms with E-state index in [-0.39, 0.29) is 12.8 Å². The van der Waals surface area contributed by atoms with Crippen molar-refractivity contribution < 1.29 is 19.8 Å². The van der Waals surface area contributed by atoms with Gasteiger partial charge in [0.2, 0.25) is 0 Å². The molecule has 30 heavy (non-hydrogen) atoms. The molecular formula is C24H52N2O4. The van der Waals surface area contributed by atoms with Crippen molar-refractivity contribution in [1.82, 2.24) is 9.80 Å². The molecule has 0 aliphatic rings. The Kier molecular flexibility index (Phi) is 31.1. The van der Waals surface area contributed by atoms with Crippen molar-refractivity contribution in [3.05, 3.63) is 0 Å². The van der Waals surface area contributed by atoms with E-state index >= 15 is 0 Å². The Morgan fingerprint density at radius 2 is 0.700 bits per heavy atom. The Bertz CT molecular complexity index is 303. The van der Waals surface area contributed by atoms with E-state index in [0.29, 0.717) is 12.8 Å². The van der Waals surface area contributed by atoms with Crippen LogP contribution in [0, 0.1) is 0 Å². The van der Waals surface area contributed by atoms with Crippen molar-refractivity contribution in [1.29, 1.82) is 0 Å². The summed E-state index contributed by atoms with van der Waals surface area (Å²) in [4.78, 5) is 24.9. The van der Waals surface area contributed by atoms with Gasteiger partial charge in [-0.3, -0.25) is 9.59 Å². The topological polar surface area (TPSA) is 81.1 Å². The van der Waals surface area contributed by atoms with Gasteiger partial charge >= 0.3 is 11.9 Å². The van der Waals surface area contributed by atoms with Gasteiger partial charge in [-0.2, -0.15) is 0 Å². The number of unbranched alkanes of at least 4 members (excludes halogenated alkanes) is 1. The molecule has 0 rings (SSSR count). The number of carbonyl (C=O) groups is 2. The van der Waals surface area contributed by atoms with Crippen LogP contribution in [0.4, 0.5) is 0 Å². The quantitative estimate of drug-likeness (QED) is 0.285. The lowest BCUT2D eigenvalue weighted by atomic mass is 10.2. The first-order chi connectivity index (χ1) is 14.3. The maximum atomic E-state index is 9.90. The normalized spacial score (nSPS) is 10.3. The largest absolute Gasteiger partial charge is 0.481 e. The SMILES string of the molecule is CCCN(CCC)CCC.CCCN(CCC)CCC.O=C(O)CCCCC(=O)O. The van der Waals surface area contributed by atoms with E-state index in [9.17, 15) is 9.59 Å². The molecule has 6 heteroatoms. The molecule has 0 amide bonds. The molecule has 182 valence electrons. The predicted molar refractivity (Wildman–Crippen MR) is 128 cm³/mol. The summed E-state index contributed by atoms with van der Waals surface area (Å²) >= 11 is 0. The molecule has 0 aliphatic heterocycles. The number of aliphatic carboxylic acids is 2. The summed E-state index contributed by atoms with van der Waals surface area (Å²) in [6.07, 6.45) is 8.77. The zero-order valence-corrected chi connectivity index (χ0v) is 20.9. The van der Waals surface area contributed by atoms with Crippen LogP contribution in [-0.4, -0.2) is 71.2 Å². The van der Waals surface area contributed by atoms with E-state index in [1.54, 1.807) is 0 Å². The molecule has 0 heterocycles. The first-order valence-electron chi connectivity index (χ1n) is 12.2. The monoisotopic (exact) mass is 432 g/mol. The van der Waals surface area contributed by atoms with Gasteiger partial charge in [0.1, 0.15) is 0 Å². The Morgan fingerprint density at radius 1 is 0.500 bits per heavy atom. The fourth-order valence-corrected chi connectivity index (χ4v) is 3.12. The molecule has 0 aromatic rings. The van der Waals surface area contributed by atoms with E-state index in [1.807, 2.05) is 0 Å². The fourth-order valence-electron chi connectivity index (χ4n) is 3.12. The molecule has 2 N–H and O–H groups in total. The molecule has 0 aromatic heterocycles. The van der Waals surface area contributed by atoms with Crippen LogP contribution in [0.2, 0.25) is 0 Å². The van der Waals surface area contributed by atoms with Crippen molar-refractivity contribution in [2.24, 2.45) is 0 Å². The van der Waals surface area contributed by atoms with Gasteiger partial charge in [0.25, 0.3) is 0 Å². The minimum atomic E-state index is -0.870. The number of hydrogen-bond donors (Lipinski definition) is 2. The Morgan fingerprint density at radius 3 is 0.833 bits per heavy atom. The second kappa shape index (κ2) is 27.9. The van der Waals surface area contributed by atoms with Gasteiger partial charge in [-0.25, -0.2) is 0 Å². The van der Waals surface area contributed by atoms with E-state index in [1.165, 1.54) is 77.8 Å². The van der Waals surface area contributed by atoms with Crippen LogP contribution in [0.5, 0.6) is 0 Å². The van der Waals surface area contributed by atoms with Gasteiger partial charge in [0.15, 0.2) is 0 Å². The first-order valence-corrected chi connectivity index (χ1v) is 12.2. The van der Waals surface area contributed by atoms with Crippen LogP contribution in [0.3, 0.4) is 0 Å². The van der Waals surface area contributed by atoms with Crippen LogP contribution < -0.4 is 0 Å². The lowest BCUT2D eigenvalue weighted by molar-refractivity contribution is -0.139. The second-order valence-corrected chi connectivity index (χ2v) is 7.68. The molecule has 0 spiro atoms. The zero-order valence-electron chi connectivity index (χ0n) is 20.9. The molecule has 0 unspecified atom stereocenters. The molecule has 0 saturated heterocycles. The van der Waals surface area contributed by atoms with Crippen LogP contribution in [0.15, 0.2) is 0 Å².